The van der Waals surface area contributed by atoms with Crippen LogP contribution in [0.4, 0.5) is 0 Å². The van der Waals surface area contributed by atoms with Crippen LogP contribution in [0.1, 0.15) is 61.4 Å². The van der Waals surface area contributed by atoms with E-state index in [1.165, 1.54) is 55.3 Å². The van der Waals surface area contributed by atoms with Crippen LogP contribution in [0.5, 0.6) is 5.75 Å². The molecule has 1 saturated carbocycles. The summed E-state index contributed by atoms with van der Waals surface area (Å²) >= 11 is 0. The molecule has 5 rings (SSSR count). The predicted octanol–water partition coefficient (Wildman–Crippen LogP) is 4.66. The molecule has 0 radical (unpaired) electrons. The molecule has 0 unspecified atom stereocenters. The van der Waals surface area contributed by atoms with Crippen molar-refractivity contribution in [1.29, 1.82) is 0 Å². The van der Waals surface area contributed by atoms with E-state index in [2.05, 4.69) is 46.3 Å². The van der Waals surface area contributed by atoms with Gasteiger partial charge in [0.1, 0.15) is 5.75 Å². The van der Waals surface area contributed by atoms with Gasteiger partial charge in [0.2, 0.25) is 0 Å². The molecule has 1 aromatic heterocycles. The highest BCUT2D eigenvalue weighted by atomic mass is 16.5. The van der Waals surface area contributed by atoms with Crippen LogP contribution in [-0.4, -0.2) is 22.0 Å². The molecule has 1 aliphatic carbocycles. The van der Waals surface area contributed by atoms with Crippen molar-refractivity contribution in [3.63, 3.8) is 0 Å². The zero-order valence-corrected chi connectivity index (χ0v) is 14.7. The number of pyridine rings is 1. The second-order valence-electron chi connectivity index (χ2n) is 7.79. The Morgan fingerprint density at radius 3 is 2.80 bits per heavy atom. The van der Waals surface area contributed by atoms with Crippen molar-refractivity contribution in [3.8, 4) is 5.75 Å². The molecule has 0 spiro atoms. The molecule has 2 aromatic rings. The highest BCUT2D eigenvalue weighted by Gasteiger charge is 2.40. The molecule has 130 valence electrons. The van der Waals surface area contributed by atoms with Crippen molar-refractivity contribution in [2.45, 2.75) is 69.7 Å². The highest BCUT2D eigenvalue weighted by molar-refractivity contribution is 5.35. The first-order valence-corrected chi connectivity index (χ1v) is 9.82. The number of hydrogen-bond donors (Lipinski definition) is 0. The Hall–Kier alpha value is -1.87. The lowest BCUT2D eigenvalue weighted by molar-refractivity contribution is 0.158. The second kappa shape index (κ2) is 6.45. The van der Waals surface area contributed by atoms with Gasteiger partial charge in [-0.05, 0) is 56.2 Å². The van der Waals surface area contributed by atoms with Crippen molar-refractivity contribution >= 4 is 0 Å². The molecule has 2 atom stereocenters. The van der Waals surface area contributed by atoms with Crippen LogP contribution in [-0.2, 0) is 13.0 Å². The van der Waals surface area contributed by atoms with Gasteiger partial charge in [-0.3, -0.25) is 9.88 Å². The van der Waals surface area contributed by atoms with Crippen LogP contribution in [0.15, 0.2) is 42.6 Å². The summed E-state index contributed by atoms with van der Waals surface area (Å²) in [7, 11) is 0. The third-order valence-electron chi connectivity index (χ3n) is 6.28. The van der Waals surface area contributed by atoms with Crippen molar-refractivity contribution in [2.24, 2.45) is 0 Å². The number of para-hydroxylation sites is 1. The smallest absolute Gasteiger partial charge is 0.124 e. The van der Waals surface area contributed by atoms with Gasteiger partial charge >= 0.3 is 0 Å². The standard InChI is InChI=1S/C22H26N2O/c1-4-10-22(25-18-7-2-3-8-18)16(6-1)15-24-17-11-12-21(24)19-9-5-13-23-20(19)14-17/h1,4-6,9-10,13,17-18,21H,2-3,7-8,11-12,14-15H2/t17-,21-/m1/s1. The summed E-state index contributed by atoms with van der Waals surface area (Å²) in [4.78, 5) is 7.33. The fourth-order valence-electron chi connectivity index (χ4n) is 5.01. The molecule has 2 bridgehead atoms. The maximum atomic E-state index is 6.37. The van der Waals surface area contributed by atoms with E-state index in [4.69, 9.17) is 4.74 Å². The van der Waals surface area contributed by atoms with Crippen LogP contribution in [0, 0.1) is 0 Å². The molecule has 3 heterocycles. The third-order valence-corrected chi connectivity index (χ3v) is 6.28. The fraction of sp³-hybridized carbons (Fsp3) is 0.500. The first-order chi connectivity index (χ1) is 12.4. The van der Waals surface area contributed by atoms with Gasteiger partial charge in [-0.25, -0.2) is 0 Å². The van der Waals surface area contributed by atoms with Crippen LogP contribution in [0.3, 0.4) is 0 Å². The van der Waals surface area contributed by atoms with Gasteiger partial charge in [-0.1, -0.05) is 24.3 Å². The van der Waals surface area contributed by atoms with Crippen molar-refractivity contribution in [3.05, 3.63) is 59.4 Å². The first kappa shape index (κ1) is 15.4. The molecule has 0 amide bonds. The van der Waals surface area contributed by atoms with E-state index in [1.807, 2.05) is 6.20 Å². The summed E-state index contributed by atoms with van der Waals surface area (Å²) in [6.45, 7) is 0.993. The average Bonchev–Trinajstić information content (AvgIpc) is 3.24. The summed E-state index contributed by atoms with van der Waals surface area (Å²) in [6, 6.07) is 14.2. The molecule has 1 aromatic carbocycles. The molecular formula is C22H26N2O. The zero-order valence-electron chi connectivity index (χ0n) is 14.7. The van der Waals surface area contributed by atoms with Gasteiger partial charge in [0.25, 0.3) is 0 Å². The highest BCUT2D eigenvalue weighted by Crippen LogP contribution is 2.44. The van der Waals surface area contributed by atoms with E-state index in [1.54, 1.807) is 0 Å². The number of ether oxygens (including phenoxy) is 1. The SMILES string of the molecule is c1ccc(OC2CCCC2)c(CN2[C@@H]3CC[C@@H]2c2cccnc2C3)c1. The van der Waals surface area contributed by atoms with Crippen LogP contribution >= 0.6 is 0 Å². The van der Waals surface area contributed by atoms with Crippen LogP contribution in [0.2, 0.25) is 0 Å². The molecule has 2 aliphatic heterocycles. The van der Waals surface area contributed by atoms with E-state index >= 15 is 0 Å². The Labute approximate surface area is 150 Å². The van der Waals surface area contributed by atoms with E-state index in [-0.39, 0.29) is 0 Å². The lowest BCUT2D eigenvalue weighted by atomic mass is 9.97. The van der Waals surface area contributed by atoms with E-state index in [0.717, 1.165) is 18.7 Å². The van der Waals surface area contributed by atoms with Gasteiger partial charge in [-0.2, -0.15) is 0 Å². The predicted molar refractivity (Wildman–Crippen MR) is 98.6 cm³/mol. The van der Waals surface area contributed by atoms with E-state index < -0.39 is 0 Å². The Morgan fingerprint density at radius 2 is 1.88 bits per heavy atom. The van der Waals surface area contributed by atoms with Crippen LogP contribution < -0.4 is 4.74 Å². The van der Waals surface area contributed by atoms with Crippen molar-refractivity contribution in [1.82, 2.24) is 9.88 Å². The number of hydrogen-bond acceptors (Lipinski definition) is 3. The zero-order chi connectivity index (χ0) is 16.6. The normalized spacial score (nSPS) is 25.9. The summed E-state index contributed by atoms with van der Waals surface area (Å²) in [5.74, 6) is 1.10. The Balaban J connectivity index is 1.39. The van der Waals surface area contributed by atoms with Gasteiger partial charge in [-0.15, -0.1) is 0 Å². The quantitative estimate of drug-likeness (QED) is 0.813. The Bertz CT molecular complexity index is 753. The molecule has 3 aliphatic rings. The average molecular weight is 334 g/mol. The van der Waals surface area contributed by atoms with Crippen molar-refractivity contribution in [2.75, 3.05) is 0 Å². The van der Waals surface area contributed by atoms with Gasteiger partial charge in [0.15, 0.2) is 0 Å². The van der Waals surface area contributed by atoms with E-state index in [0.29, 0.717) is 18.2 Å². The molecule has 25 heavy (non-hydrogen) atoms. The fourth-order valence-corrected chi connectivity index (χ4v) is 5.01. The van der Waals surface area contributed by atoms with Gasteiger partial charge in [0.05, 0.1) is 6.10 Å². The number of aromatic nitrogens is 1. The van der Waals surface area contributed by atoms with Crippen molar-refractivity contribution < 1.29 is 4.74 Å². The Morgan fingerprint density at radius 1 is 1.00 bits per heavy atom. The minimum atomic E-state index is 0.421. The number of nitrogens with zero attached hydrogens (tertiary/aromatic N) is 2. The summed E-state index contributed by atoms with van der Waals surface area (Å²) < 4.78 is 6.37. The van der Waals surface area contributed by atoms with Gasteiger partial charge in [0, 0.05) is 42.5 Å². The number of fused-ring (bicyclic) bond motifs is 4. The van der Waals surface area contributed by atoms with E-state index in [9.17, 15) is 0 Å². The lowest BCUT2D eigenvalue weighted by Gasteiger charge is -2.36. The molecule has 3 nitrogen and oxygen atoms in total. The number of rotatable bonds is 4. The largest absolute Gasteiger partial charge is 0.490 e. The summed E-state index contributed by atoms with van der Waals surface area (Å²) in [5, 5.41) is 0. The molecule has 2 fully saturated rings. The van der Waals surface area contributed by atoms with Gasteiger partial charge < -0.3 is 4.74 Å². The molecule has 0 N–H and O–H groups in total. The maximum absolute atomic E-state index is 6.37. The maximum Gasteiger partial charge on any atom is 0.124 e. The Kier molecular flexibility index (Phi) is 3.97. The second-order valence-corrected chi connectivity index (χ2v) is 7.79. The molecular weight excluding hydrogens is 308 g/mol. The first-order valence-electron chi connectivity index (χ1n) is 9.82. The topological polar surface area (TPSA) is 25.4 Å². The summed E-state index contributed by atoms with van der Waals surface area (Å²) in [6.07, 6.45) is 11.0. The summed E-state index contributed by atoms with van der Waals surface area (Å²) in [5.41, 5.74) is 4.12. The third kappa shape index (κ3) is 2.85. The van der Waals surface area contributed by atoms with Crippen LogP contribution in [0.25, 0.3) is 0 Å². The monoisotopic (exact) mass is 334 g/mol. The number of benzene rings is 1. The minimum Gasteiger partial charge on any atom is -0.490 e. The molecule has 1 saturated heterocycles. The minimum absolute atomic E-state index is 0.421. The lowest BCUT2D eigenvalue weighted by Crippen LogP contribution is -2.37. The molecule has 3 heteroatoms.